The standard InChI is InChI=1S/C20H25F2N3O2/c1-14-10-15(5-7-18(14)21)11-17(20(26)25-27)4-2-3-9-23-12-16-6-8-19(22)24-13-16/h5-8,10,13,17,23,27H,2-4,9,11-12H2,1H3,(H,25,26)/t17-/m0/s1. The minimum Gasteiger partial charge on any atom is -0.313 e. The first-order chi connectivity index (χ1) is 13.0. The molecule has 0 aliphatic heterocycles. The Morgan fingerprint density at radius 1 is 1.19 bits per heavy atom. The van der Waals surface area contributed by atoms with E-state index in [4.69, 9.17) is 5.21 Å². The Kier molecular flexibility index (Phi) is 8.29. The molecular formula is C20H25F2N3O2. The van der Waals surface area contributed by atoms with Crippen molar-refractivity contribution in [3.8, 4) is 0 Å². The molecular weight excluding hydrogens is 352 g/mol. The summed E-state index contributed by atoms with van der Waals surface area (Å²) in [5.74, 6) is -1.57. The van der Waals surface area contributed by atoms with E-state index >= 15 is 0 Å². The van der Waals surface area contributed by atoms with Crippen molar-refractivity contribution in [1.29, 1.82) is 0 Å². The molecule has 27 heavy (non-hydrogen) atoms. The Morgan fingerprint density at radius 3 is 2.63 bits per heavy atom. The Bertz CT molecular complexity index is 739. The number of benzene rings is 1. The molecule has 1 atom stereocenters. The fourth-order valence-electron chi connectivity index (χ4n) is 2.92. The minimum atomic E-state index is -0.497. The van der Waals surface area contributed by atoms with E-state index in [1.54, 1.807) is 30.6 Å². The van der Waals surface area contributed by atoms with Gasteiger partial charge in [0.25, 0.3) is 0 Å². The number of aromatic nitrogens is 1. The monoisotopic (exact) mass is 377 g/mol. The van der Waals surface area contributed by atoms with Crippen molar-refractivity contribution in [2.24, 2.45) is 5.92 Å². The van der Waals surface area contributed by atoms with Crippen molar-refractivity contribution in [2.75, 3.05) is 6.54 Å². The van der Waals surface area contributed by atoms with Gasteiger partial charge in [0.15, 0.2) is 0 Å². The van der Waals surface area contributed by atoms with Gasteiger partial charge >= 0.3 is 0 Å². The number of carbonyl (C=O) groups excluding carboxylic acids is 1. The van der Waals surface area contributed by atoms with Crippen LogP contribution in [0.2, 0.25) is 0 Å². The number of pyridine rings is 1. The number of carbonyl (C=O) groups is 1. The first-order valence-corrected chi connectivity index (χ1v) is 8.99. The van der Waals surface area contributed by atoms with Gasteiger partial charge in [0.05, 0.1) is 0 Å². The van der Waals surface area contributed by atoms with Crippen LogP contribution in [0.15, 0.2) is 36.5 Å². The van der Waals surface area contributed by atoms with Crippen LogP contribution in [0.3, 0.4) is 0 Å². The summed E-state index contributed by atoms with van der Waals surface area (Å²) in [5, 5.41) is 12.2. The summed E-state index contributed by atoms with van der Waals surface area (Å²) in [6.07, 6.45) is 4.21. The Labute approximate surface area is 157 Å². The highest BCUT2D eigenvalue weighted by Crippen LogP contribution is 2.18. The molecule has 0 radical (unpaired) electrons. The maximum absolute atomic E-state index is 13.4. The van der Waals surface area contributed by atoms with E-state index in [0.29, 0.717) is 24.9 Å². The van der Waals surface area contributed by atoms with E-state index in [1.807, 2.05) is 0 Å². The number of nitrogens with one attached hydrogen (secondary N) is 2. The van der Waals surface area contributed by atoms with Crippen LogP contribution in [-0.4, -0.2) is 22.6 Å². The van der Waals surface area contributed by atoms with Crippen LogP contribution in [0.1, 0.15) is 36.0 Å². The van der Waals surface area contributed by atoms with Gasteiger partial charge in [-0.3, -0.25) is 10.0 Å². The smallest absolute Gasteiger partial charge is 0.246 e. The topological polar surface area (TPSA) is 74.2 Å². The van der Waals surface area contributed by atoms with Crippen LogP contribution in [0.25, 0.3) is 0 Å². The Balaban J connectivity index is 1.74. The van der Waals surface area contributed by atoms with Gasteiger partial charge in [0.2, 0.25) is 11.9 Å². The van der Waals surface area contributed by atoms with E-state index < -0.39 is 11.9 Å². The molecule has 5 nitrogen and oxygen atoms in total. The van der Waals surface area contributed by atoms with Crippen molar-refractivity contribution < 1.29 is 18.8 Å². The lowest BCUT2D eigenvalue weighted by Gasteiger charge is -2.15. The van der Waals surface area contributed by atoms with E-state index in [-0.39, 0.29) is 11.7 Å². The van der Waals surface area contributed by atoms with Gasteiger partial charge in [-0.15, -0.1) is 0 Å². The third-order valence-electron chi connectivity index (χ3n) is 4.46. The van der Waals surface area contributed by atoms with Crippen molar-refractivity contribution in [3.05, 3.63) is 65.0 Å². The molecule has 7 heteroatoms. The summed E-state index contributed by atoms with van der Waals surface area (Å²) in [6, 6.07) is 7.80. The van der Waals surface area contributed by atoms with E-state index in [1.165, 1.54) is 18.3 Å². The fraction of sp³-hybridized carbons (Fsp3) is 0.400. The number of rotatable bonds is 10. The van der Waals surface area contributed by atoms with Crippen LogP contribution in [-0.2, 0) is 17.8 Å². The average molecular weight is 377 g/mol. The molecule has 1 aromatic heterocycles. The zero-order valence-electron chi connectivity index (χ0n) is 15.3. The maximum Gasteiger partial charge on any atom is 0.246 e. The minimum absolute atomic E-state index is 0.274. The highest BCUT2D eigenvalue weighted by molar-refractivity contribution is 5.77. The molecule has 0 aliphatic rings. The number of hydrogen-bond donors (Lipinski definition) is 3. The molecule has 0 fully saturated rings. The molecule has 0 saturated heterocycles. The van der Waals surface area contributed by atoms with Crippen molar-refractivity contribution in [3.63, 3.8) is 0 Å². The van der Waals surface area contributed by atoms with Crippen LogP contribution in [0.4, 0.5) is 8.78 Å². The zero-order chi connectivity index (χ0) is 19.6. The number of halogens is 2. The second kappa shape index (κ2) is 10.7. The molecule has 0 aliphatic carbocycles. The highest BCUT2D eigenvalue weighted by Gasteiger charge is 2.18. The maximum atomic E-state index is 13.4. The summed E-state index contributed by atoms with van der Waals surface area (Å²) in [5.41, 5.74) is 4.03. The van der Waals surface area contributed by atoms with Crippen LogP contribution < -0.4 is 10.8 Å². The molecule has 0 unspecified atom stereocenters. The SMILES string of the molecule is Cc1cc(C[C@H](CCCCNCc2ccc(F)nc2)C(=O)NO)ccc1F. The molecule has 0 saturated carbocycles. The Morgan fingerprint density at radius 2 is 1.96 bits per heavy atom. The van der Waals surface area contributed by atoms with Crippen LogP contribution in [0, 0.1) is 24.6 Å². The van der Waals surface area contributed by atoms with Gasteiger partial charge in [0.1, 0.15) is 5.82 Å². The van der Waals surface area contributed by atoms with Crippen LogP contribution in [0.5, 0.6) is 0 Å². The summed E-state index contributed by atoms with van der Waals surface area (Å²) in [6.45, 7) is 3.03. The molecule has 146 valence electrons. The summed E-state index contributed by atoms with van der Waals surface area (Å²) in [7, 11) is 0. The molecule has 1 aromatic carbocycles. The molecule has 1 amide bonds. The zero-order valence-corrected chi connectivity index (χ0v) is 15.3. The largest absolute Gasteiger partial charge is 0.313 e. The molecule has 1 heterocycles. The number of aryl methyl sites for hydroxylation is 1. The number of amides is 1. The van der Waals surface area contributed by atoms with Crippen molar-refractivity contribution in [1.82, 2.24) is 15.8 Å². The molecule has 3 N–H and O–H groups in total. The number of unbranched alkanes of at least 4 members (excludes halogenated alkanes) is 1. The number of hydroxylamine groups is 1. The van der Waals surface area contributed by atoms with Gasteiger partial charge in [-0.25, -0.2) is 14.9 Å². The highest BCUT2D eigenvalue weighted by atomic mass is 19.1. The second-order valence-corrected chi connectivity index (χ2v) is 6.62. The lowest BCUT2D eigenvalue weighted by atomic mass is 9.92. The van der Waals surface area contributed by atoms with Gasteiger partial charge < -0.3 is 5.32 Å². The summed E-state index contributed by atoms with van der Waals surface area (Å²) >= 11 is 0. The van der Waals surface area contributed by atoms with Crippen molar-refractivity contribution in [2.45, 2.75) is 39.2 Å². The number of hydrogen-bond acceptors (Lipinski definition) is 4. The van der Waals surface area contributed by atoms with Crippen LogP contribution >= 0.6 is 0 Å². The van der Waals surface area contributed by atoms with Crippen molar-refractivity contribution >= 4 is 5.91 Å². The third-order valence-corrected chi connectivity index (χ3v) is 4.46. The predicted octanol–water partition coefficient (Wildman–Crippen LogP) is 3.29. The van der Waals surface area contributed by atoms with E-state index in [0.717, 1.165) is 30.5 Å². The fourth-order valence-corrected chi connectivity index (χ4v) is 2.92. The van der Waals surface area contributed by atoms with Gasteiger partial charge in [-0.05, 0) is 61.6 Å². The normalized spacial score (nSPS) is 12.0. The first kappa shape index (κ1) is 20.9. The molecule has 0 bridgehead atoms. The van der Waals surface area contributed by atoms with E-state index in [9.17, 15) is 13.6 Å². The third kappa shape index (κ3) is 7.03. The molecule has 0 spiro atoms. The second-order valence-electron chi connectivity index (χ2n) is 6.62. The average Bonchev–Trinajstić information content (AvgIpc) is 2.67. The first-order valence-electron chi connectivity index (χ1n) is 8.99. The number of nitrogens with zero attached hydrogens (tertiary/aromatic N) is 1. The van der Waals surface area contributed by atoms with E-state index in [2.05, 4.69) is 10.3 Å². The summed E-state index contributed by atoms with van der Waals surface area (Å²) < 4.78 is 26.1. The molecule has 2 aromatic rings. The summed E-state index contributed by atoms with van der Waals surface area (Å²) in [4.78, 5) is 15.5. The van der Waals surface area contributed by atoms with Gasteiger partial charge in [0, 0.05) is 18.7 Å². The lowest BCUT2D eigenvalue weighted by Crippen LogP contribution is -2.29. The van der Waals surface area contributed by atoms with Gasteiger partial charge in [-0.2, -0.15) is 4.39 Å². The lowest BCUT2D eigenvalue weighted by molar-refractivity contribution is -0.133. The Hall–Kier alpha value is -2.38. The quantitative estimate of drug-likeness (QED) is 0.257. The molecule has 2 rings (SSSR count). The van der Waals surface area contributed by atoms with Gasteiger partial charge in [-0.1, -0.05) is 24.6 Å². The predicted molar refractivity (Wildman–Crippen MR) is 98.0 cm³/mol.